The van der Waals surface area contributed by atoms with E-state index < -0.39 is 11.6 Å². The van der Waals surface area contributed by atoms with Crippen LogP contribution in [0.15, 0.2) is 48.5 Å². The highest BCUT2D eigenvalue weighted by molar-refractivity contribution is 5.92. The van der Waals surface area contributed by atoms with Crippen LogP contribution in [0, 0.1) is 11.6 Å². The van der Waals surface area contributed by atoms with Crippen molar-refractivity contribution in [3.05, 3.63) is 65.7 Å². The summed E-state index contributed by atoms with van der Waals surface area (Å²) in [6.07, 6.45) is 0.805. The van der Waals surface area contributed by atoms with E-state index in [2.05, 4.69) is 5.32 Å². The predicted octanol–water partition coefficient (Wildman–Crippen LogP) is 2.83. The van der Waals surface area contributed by atoms with Gasteiger partial charge in [-0.1, -0.05) is 30.3 Å². The maximum absolute atomic E-state index is 13.2. The molecule has 0 atom stereocenters. The molecule has 0 bridgehead atoms. The van der Waals surface area contributed by atoms with Gasteiger partial charge in [0.15, 0.2) is 11.6 Å². The van der Waals surface area contributed by atoms with Gasteiger partial charge < -0.3 is 11.1 Å². The van der Waals surface area contributed by atoms with Crippen molar-refractivity contribution in [2.45, 2.75) is 6.42 Å². The molecule has 7 heteroatoms. The van der Waals surface area contributed by atoms with Crippen molar-refractivity contribution in [3.63, 3.8) is 0 Å². The Hall–Kier alpha value is -2.02. The Morgan fingerprint density at radius 3 is 2.40 bits per heavy atom. The number of hydrogen-bond donors (Lipinski definition) is 2. The summed E-state index contributed by atoms with van der Waals surface area (Å²) in [7, 11) is 0. The molecule has 0 aliphatic heterocycles. The van der Waals surface area contributed by atoms with Gasteiger partial charge in [0, 0.05) is 31.4 Å². The normalized spacial score (nSPS) is 10.4. The Bertz CT molecular complexity index is 671. The van der Waals surface area contributed by atoms with Crippen LogP contribution in [0.4, 0.5) is 14.5 Å². The molecule has 3 N–H and O–H groups in total. The monoisotopic (exact) mass is 369 g/mol. The van der Waals surface area contributed by atoms with Crippen LogP contribution in [0.5, 0.6) is 0 Å². The molecule has 0 aliphatic carbocycles. The minimum absolute atomic E-state index is 0. The van der Waals surface area contributed by atoms with Crippen LogP contribution in [-0.2, 0) is 11.2 Å². The standard InChI is InChI=1S/C18H21F2N3O.ClH/c19-16-7-6-15(12-17(16)20)22-18(24)13-23(11-9-21)10-8-14-4-2-1-3-5-14;/h1-7,12H,8-11,13,21H2,(H,22,24);1H. The molecule has 0 saturated carbocycles. The number of benzene rings is 2. The number of rotatable bonds is 8. The SMILES string of the molecule is Cl.NCCN(CCc1ccccc1)CC(=O)Nc1ccc(F)c(F)c1. The highest BCUT2D eigenvalue weighted by Crippen LogP contribution is 2.13. The minimum Gasteiger partial charge on any atom is -0.329 e. The molecule has 25 heavy (non-hydrogen) atoms. The Morgan fingerprint density at radius 1 is 1.04 bits per heavy atom. The second kappa shape index (κ2) is 10.8. The van der Waals surface area contributed by atoms with Gasteiger partial charge in [0.05, 0.1) is 6.54 Å². The molecular weight excluding hydrogens is 348 g/mol. The lowest BCUT2D eigenvalue weighted by Gasteiger charge is -2.21. The van der Waals surface area contributed by atoms with Gasteiger partial charge in [-0.2, -0.15) is 0 Å². The van der Waals surface area contributed by atoms with E-state index in [-0.39, 0.29) is 30.5 Å². The molecule has 2 aromatic rings. The van der Waals surface area contributed by atoms with E-state index in [4.69, 9.17) is 5.73 Å². The number of carbonyl (C=O) groups excluding carboxylic acids is 1. The number of nitrogens with two attached hydrogens (primary N) is 1. The maximum atomic E-state index is 13.2. The quantitative estimate of drug-likeness (QED) is 0.752. The van der Waals surface area contributed by atoms with Gasteiger partial charge in [-0.05, 0) is 24.1 Å². The zero-order chi connectivity index (χ0) is 17.4. The molecule has 0 fully saturated rings. The molecule has 2 rings (SSSR count). The highest BCUT2D eigenvalue weighted by Gasteiger charge is 2.11. The van der Waals surface area contributed by atoms with E-state index in [1.165, 1.54) is 11.6 Å². The van der Waals surface area contributed by atoms with Gasteiger partial charge >= 0.3 is 0 Å². The third-order valence-electron chi connectivity index (χ3n) is 3.58. The van der Waals surface area contributed by atoms with Crippen molar-refractivity contribution < 1.29 is 13.6 Å². The molecule has 1 amide bonds. The number of carbonyl (C=O) groups is 1. The number of anilines is 1. The van der Waals surface area contributed by atoms with Crippen molar-refractivity contribution in [2.75, 3.05) is 31.5 Å². The molecule has 0 aliphatic rings. The molecule has 2 aromatic carbocycles. The van der Waals surface area contributed by atoms with Gasteiger partial charge in [0.2, 0.25) is 5.91 Å². The van der Waals surface area contributed by atoms with Gasteiger partial charge in [-0.3, -0.25) is 9.69 Å². The first-order valence-electron chi connectivity index (χ1n) is 7.79. The fraction of sp³-hybridized carbons (Fsp3) is 0.278. The Morgan fingerprint density at radius 2 is 1.76 bits per heavy atom. The van der Waals surface area contributed by atoms with Crippen molar-refractivity contribution in [1.29, 1.82) is 0 Å². The Kier molecular flexibility index (Phi) is 9.05. The van der Waals surface area contributed by atoms with Crippen LogP contribution in [-0.4, -0.2) is 37.0 Å². The predicted molar refractivity (Wildman–Crippen MR) is 97.9 cm³/mol. The third kappa shape index (κ3) is 7.17. The largest absolute Gasteiger partial charge is 0.329 e. The molecule has 0 saturated heterocycles. The highest BCUT2D eigenvalue weighted by atomic mass is 35.5. The molecule has 0 aromatic heterocycles. The summed E-state index contributed by atoms with van der Waals surface area (Å²) >= 11 is 0. The lowest BCUT2D eigenvalue weighted by molar-refractivity contribution is -0.117. The van der Waals surface area contributed by atoms with Crippen LogP contribution in [0.1, 0.15) is 5.56 Å². The summed E-state index contributed by atoms with van der Waals surface area (Å²) < 4.78 is 26.1. The van der Waals surface area contributed by atoms with E-state index in [9.17, 15) is 13.6 Å². The first-order valence-corrected chi connectivity index (χ1v) is 7.79. The molecule has 0 radical (unpaired) electrons. The van der Waals surface area contributed by atoms with Crippen molar-refractivity contribution in [3.8, 4) is 0 Å². The summed E-state index contributed by atoms with van der Waals surface area (Å²) in [5.74, 6) is -2.22. The number of amides is 1. The van der Waals surface area contributed by atoms with Gasteiger partial charge in [-0.15, -0.1) is 12.4 Å². The van der Waals surface area contributed by atoms with Crippen LogP contribution >= 0.6 is 12.4 Å². The van der Waals surface area contributed by atoms with E-state index >= 15 is 0 Å². The summed E-state index contributed by atoms with van der Waals surface area (Å²) in [5, 5.41) is 2.57. The first-order chi connectivity index (χ1) is 11.6. The zero-order valence-corrected chi connectivity index (χ0v) is 14.6. The molecule has 136 valence electrons. The molecule has 0 heterocycles. The maximum Gasteiger partial charge on any atom is 0.238 e. The second-order valence-corrected chi connectivity index (χ2v) is 5.48. The van der Waals surface area contributed by atoms with E-state index in [0.717, 1.165) is 18.6 Å². The van der Waals surface area contributed by atoms with Gasteiger partial charge in [-0.25, -0.2) is 8.78 Å². The lowest BCUT2D eigenvalue weighted by Crippen LogP contribution is -2.38. The molecule has 0 spiro atoms. The summed E-state index contributed by atoms with van der Waals surface area (Å²) in [6.45, 7) is 1.85. The first kappa shape index (κ1) is 21.0. The average Bonchev–Trinajstić information content (AvgIpc) is 2.57. The van der Waals surface area contributed by atoms with Gasteiger partial charge in [0.25, 0.3) is 0 Å². The van der Waals surface area contributed by atoms with Crippen molar-refractivity contribution in [2.24, 2.45) is 5.73 Å². The topological polar surface area (TPSA) is 58.4 Å². The Labute approximate surface area is 152 Å². The summed E-state index contributed by atoms with van der Waals surface area (Å²) in [5.41, 5.74) is 7.01. The Balaban J connectivity index is 0.00000312. The third-order valence-corrected chi connectivity index (χ3v) is 3.58. The number of halogens is 3. The van der Waals surface area contributed by atoms with Crippen LogP contribution in [0.2, 0.25) is 0 Å². The van der Waals surface area contributed by atoms with Crippen molar-refractivity contribution in [1.82, 2.24) is 4.90 Å². The molecular formula is C18H22ClF2N3O. The minimum atomic E-state index is -0.990. The smallest absolute Gasteiger partial charge is 0.238 e. The van der Waals surface area contributed by atoms with Crippen LogP contribution in [0.3, 0.4) is 0 Å². The van der Waals surface area contributed by atoms with Crippen LogP contribution in [0.25, 0.3) is 0 Å². The van der Waals surface area contributed by atoms with Gasteiger partial charge in [0.1, 0.15) is 0 Å². The van der Waals surface area contributed by atoms with Crippen LogP contribution < -0.4 is 11.1 Å². The zero-order valence-electron chi connectivity index (χ0n) is 13.8. The second-order valence-electron chi connectivity index (χ2n) is 5.48. The number of nitrogens with zero attached hydrogens (tertiary/aromatic N) is 1. The van der Waals surface area contributed by atoms with Crippen molar-refractivity contribution >= 4 is 24.0 Å². The summed E-state index contributed by atoms with van der Waals surface area (Å²) in [6, 6.07) is 13.2. The lowest BCUT2D eigenvalue weighted by atomic mass is 10.1. The van der Waals surface area contributed by atoms with E-state index in [1.807, 2.05) is 35.2 Å². The molecule has 0 unspecified atom stereocenters. The molecule has 4 nitrogen and oxygen atoms in total. The summed E-state index contributed by atoms with van der Waals surface area (Å²) in [4.78, 5) is 14.0. The van der Waals surface area contributed by atoms with E-state index in [0.29, 0.717) is 19.6 Å². The number of nitrogens with one attached hydrogen (secondary N) is 1. The fourth-order valence-corrected chi connectivity index (χ4v) is 2.36. The fourth-order valence-electron chi connectivity index (χ4n) is 2.36. The average molecular weight is 370 g/mol. The van der Waals surface area contributed by atoms with E-state index in [1.54, 1.807) is 0 Å². The number of hydrogen-bond acceptors (Lipinski definition) is 3.